The lowest BCUT2D eigenvalue weighted by atomic mass is 9.94. The first-order valence-corrected chi connectivity index (χ1v) is 7.48. The first-order valence-electron chi connectivity index (χ1n) is 7.48. The van der Waals surface area contributed by atoms with Gasteiger partial charge in [-0.3, -0.25) is 4.90 Å². The van der Waals surface area contributed by atoms with E-state index in [1.807, 2.05) is 6.92 Å². The van der Waals surface area contributed by atoms with Gasteiger partial charge in [0.05, 0.1) is 25.2 Å². The lowest BCUT2D eigenvalue weighted by Gasteiger charge is -2.41. The Morgan fingerprint density at radius 2 is 2.21 bits per heavy atom. The molecule has 0 amide bonds. The molecule has 3 atom stereocenters. The molecular weight excluding hydrogens is 240 g/mol. The molecule has 0 bridgehead atoms. The second-order valence-corrected chi connectivity index (χ2v) is 6.23. The van der Waals surface area contributed by atoms with E-state index >= 15 is 0 Å². The lowest BCUT2D eigenvalue weighted by molar-refractivity contribution is -0.170. The van der Waals surface area contributed by atoms with Crippen LogP contribution in [0, 0.1) is 11.3 Å². The summed E-state index contributed by atoms with van der Waals surface area (Å²) in [5.74, 6) is -0.503. The maximum Gasteiger partial charge on any atom is 0.167 e. The molecule has 2 fully saturated rings. The summed E-state index contributed by atoms with van der Waals surface area (Å²) in [5, 5.41) is 8.74. The van der Waals surface area contributed by atoms with Gasteiger partial charge in [0.25, 0.3) is 0 Å². The summed E-state index contributed by atoms with van der Waals surface area (Å²) < 4.78 is 11.8. The predicted octanol–water partition coefficient (Wildman–Crippen LogP) is 2.68. The van der Waals surface area contributed by atoms with Crippen molar-refractivity contribution in [2.45, 2.75) is 76.9 Å². The zero-order valence-electron chi connectivity index (χ0n) is 12.4. The van der Waals surface area contributed by atoms with E-state index in [1.54, 1.807) is 0 Å². The van der Waals surface area contributed by atoms with Gasteiger partial charge >= 0.3 is 0 Å². The molecule has 2 aliphatic rings. The molecule has 2 saturated heterocycles. The zero-order chi connectivity index (χ0) is 13.9. The minimum absolute atomic E-state index is 0.0499. The molecule has 3 unspecified atom stereocenters. The van der Waals surface area contributed by atoms with Crippen LogP contribution in [0.5, 0.6) is 0 Å². The highest BCUT2D eigenvalue weighted by atomic mass is 16.7. The normalized spacial score (nSPS) is 36.6. The van der Waals surface area contributed by atoms with Crippen molar-refractivity contribution < 1.29 is 9.47 Å². The quantitative estimate of drug-likeness (QED) is 0.785. The standard InChI is InChI=1S/C15H26N2O2/c1-12(2)17-9-5-4-6-13(17)10-15(3)18-11-14(19-15)7-8-16/h12-14H,4-7,9-11H2,1-3H3. The van der Waals surface area contributed by atoms with Crippen molar-refractivity contribution in [3.63, 3.8) is 0 Å². The van der Waals surface area contributed by atoms with Crippen LogP contribution in [0.15, 0.2) is 0 Å². The Morgan fingerprint density at radius 1 is 1.42 bits per heavy atom. The Kier molecular flexibility index (Phi) is 4.83. The summed E-state index contributed by atoms with van der Waals surface area (Å²) in [4.78, 5) is 2.57. The molecule has 0 aliphatic carbocycles. The van der Waals surface area contributed by atoms with Crippen molar-refractivity contribution in [3.8, 4) is 6.07 Å². The van der Waals surface area contributed by atoms with Gasteiger partial charge in [0.2, 0.25) is 0 Å². The Balaban J connectivity index is 1.94. The number of nitrogens with zero attached hydrogens (tertiary/aromatic N) is 2. The Morgan fingerprint density at radius 3 is 2.89 bits per heavy atom. The minimum Gasteiger partial charge on any atom is -0.347 e. The highest BCUT2D eigenvalue weighted by molar-refractivity contribution is 4.88. The van der Waals surface area contributed by atoms with Crippen LogP contribution >= 0.6 is 0 Å². The number of likely N-dealkylation sites (tertiary alicyclic amines) is 1. The van der Waals surface area contributed by atoms with Crippen LogP contribution in [0.2, 0.25) is 0 Å². The van der Waals surface area contributed by atoms with Gasteiger partial charge in [-0.05, 0) is 40.2 Å². The molecule has 2 heterocycles. The van der Waals surface area contributed by atoms with E-state index in [4.69, 9.17) is 14.7 Å². The molecule has 0 saturated carbocycles. The van der Waals surface area contributed by atoms with E-state index in [1.165, 1.54) is 25.8 Å². The molecular formula is C15H26N2O2. The molecule has 19 heavy (non-hydrogen) atoms. The van der Waals surface area contributed by atoms with E-state index in [9.17, 15) is 0 Å². The van der Waals surface area contributed by atoms with Gasteiger partial charge in [-0.15, -0.1) is 0 Å². The van der Waals surface area contributed by atoms with Crippen molar-refractivity contribution in [1.29, 1.82) is 5.26 Å². The van der Waals surface area contributed by atoms with Gasteiger partial charge in [0.1, 0.15) is 0 Å². The Bertz CT molecular complexity index is 340. The third-order valence-corrected chi connectivity index (χ3v) is 4.25. The van der Waals surface area contributed by atoms with Crippen LogP contribution in [0.25, 0.3) is 0 Å². The third-order valence-electron chi connectivity index (χ3n) is 4.25. The average molecular weight is 266 g/mol. The molecule has 0 aromatic rings. The Hall–Kier alpha value is -0.630. The van der Waals surface area contributed by atoms with Gasteiger partial charge < -0.3 is 9.47 Å². The highest BCUT2D eigenvalue weighted by Crippen LogP contribution is 2.33. The third kappa shape index (κ3) is 3.68. The number of hydrogen-bond donors (Lipinski definition) is 0. The van der Waals surface area contributed by atoms with Crippen LogP contribution < -0.4 is 0 Å². The second kappa shape index (κ2) is 6.21. The lowest BCUT2D eigenvalue weighted by Crippen LogP contribution is -2.47. The summed E-state index contributed by atoms with van der Waals surface area (Å²) in [5.41, 5.74) is 0. The monoisotopic (exact) mass is 266 g/mol. The van der Waals surface area contributed by atoms with E-state index in [-0.39, 0.29) is 6.10 Å². The molecule has 4 nitrogen and oxygen atoms in total. The van der Waals surface area contributed by atoms with Crippen molar-refractivity contribution in [3.05, 3.63) is 0 Å². The van der Waals surface area contributed by atoms with E-state index < -0.39 is 5.79 Å². The molecule has 0 aromatic carbocycles. The van der Waals surface area contributed by atoms with Crippen molar-refractivity contribution >= 4 is 0 Å². The molecule has 108 valence electrons. The fraction of sp³-hybridized carbons (Fsp3) is 0.933. The molecule has 0 spiro atoms. The van der Waals surface area contributed by atoms with Gasteiger partial charge in [0, 0.05) is 18.5 Å². The minimum atomic E-state index is -0.503. The summed E-state index contributed by atoms with van der Waals surface area (Å²) in [6.07, 6.45) is 5.10. The van der Waals surface area contributed by atoms with Crippen LogP contribution in [-0.4, -0.2) is 42.0 Å². The molecule has 0 N–H and O–H groups in total. The molecule has 0 aromatic heterocycles. The van der Waals surface area contributed by atoms with Crippen molar-refractivity contribution in [2.75, 3.05) is 13.2 Å². The maximum atomic E-state index is 8.74. The first-order chi connectivity index (χ1) is 9.04. The van der Waals surface area contributed by atoms with Crippen LogP contribution in [-0.2, 0) is 9.47 Å². The average Bonchev–Trinajstić information content (AvgIpc) is 2.71. The second-order valence-electron chi connectivity index (χ2n) is 6.23. The smallest absolute Gasteiger partial charge is 0.167 e. The molecule has 2 rings (SSSR count). The number of hydrogen-bond acceptors (Lipinski definition) is 4. The van der Waals surface area contributed by atoms with Gasteiger partial charge in [-0.2, -0.15) is 5.26 Å². The largest absolute Gasteiger partial charge is 0.347 e. The highest BCUT2D eigenvalue weighted by Gasteiger charge is 2.41. The molecule has 0 radical (unpaired) electrons. The topological polar surface area (TPSA) is 45.5 Å². The molecule has 4 heteroatoms. The van der Waals surface area contributed by atoms with Crippen molar-refractivity contribution in [2.24, 2.45) is 0 Å². The number of rotatable bonds is 4. The van der Waals surface area contributed by atoms with Crippen LogP contribution in [0.1, 0.15) is 52.9 Å². The Labute approximate surface area is 116 Å². The van der Waals surface area contributed by atoms with Gasteiger partial charge in [0.15, 0.2) is 5.79 Å². The van der Waals surface area contributed by atoms with Crippen LogP contribution in [0.3, 0.4) is 0 Å². The predicted molar refractivity (Wildman–Crippen MR) is 73.6 cm³/mol. The number of nitriles is 1. The summed E-state index contributed by atoms with van der Waals surface area (Å²) in [6, 6.07) is 3.28. The van der Waals surface area contributed by atoms with Gasteiger partial charge in [-0.25, -0.2) is 0 Å². The van der Waals surface area contributed by atoms with E-state index in [0.29, 0.717) is 25.1 Å². The fourth-order valence-electron chi connectivity index (χ4n) is 3.35. The van der Waals surface area contributed by atoms with E-state index in [0.717, 1.165) is 6.42 Å². The first kappa shape index (κ1) is 14.8. The number of piperidine rings is 1. The summed E-state index contributed by atoms with van der Waals surface area (Å²) >= 11 is 0. The van der Waals surface area contributed by atoms with Crippen LogP contribution in [0.4, 0.5) is 0 Å². The molecule has 2 aliphatic heterocycles. The summed E-state index contributed by atoms with van der Waals surface area (Å²) in [6.45, 7) is 8.28. The maximum absolute atomic E-state index is 8.74. The summed E-state index contributed by atoms with van der Waals surface area (Å²) in [7, 11) is 0. The van der Waals surface area contributed by atoms with E-state index in [2.05, 4.69) is 24.8 Å². The zero-order valence-corrected chi connectivity index (χ0v) is 12.4. The van der Waals surface area contributed by atoms with Crippen molar-refractivity contribution in [1.82, 2.24) is 4.90 Å². The number of ether oxygens (including phenoxy) is 2. The fourth-order valence-corrected chi connectivity index (χ4v) is 3.35. The van der Waals surface area contributed by atoms with Gasteiger partial charge in [-0.1, -0.05) is 6.42 Å². The SMILES string of the molecule is CC(C)N1CCCCC1CC1(C)OCC(CC#N)O1.